The Morgan fingerprint density at radius 3 is 3.00 bits per heavy atom. The van der Waals surface area contributed by atoms with Gasteiger partial charge in [-0.2, -0.15) is 4.39 Å². The molecule has 1 aromatic rings. The van der Waals surface area contributed by atoms with E-state index in [1.54, 1.807) is 12.1 Å². The summed E-state index contributed by atoms with van der Waals surface area (Å²) < 4.78 is 13.3. The first-order chi connectivity index (χ1) is 6.77. The van der Waals surface area contributed by atoms with Gasteiger partial charge >= 0.3 is 0 Å². The van der Waals surface area contributed by atoms with E-state index in [2.05, 4.69) is 4.98 Å². The van der Waals surface area contributed by atoms with Crippen molar-refractivity contribution in [1.29, 1.82) is 0 Å². The molecule has 2 rings (SSSR count). The molecule has 1 heterocycles. The lowest BCUT2D eigenvalue weighted by Gasteiger charge is -2.17. The molecule has 74 valence electrons. The molecule has 0 bridgehead atoms. The first-order valence-electron chi connectivity index (χ1n) is 4.75. The van der Waals surface area contributed by atoms with Crippen LogP contribution in [0.15, 0.2) is 24.4 Å². The zero-order chi connectivity index (χ0) is 9.97. The van der Waals surface area contributed by atoms with Crippen molar-refractivity contribution in [2.45, 2.75) is 25.4 Å². The van der Waals surface area contributed by atoms with Crippen molar-refractivity contribution in [2.24, 2.45) is 0 Å². The maximum atomic E-state index is 13.3. The molecule has 0 radical (unpaired) electrons. The van der Waals surface area contributed by atoms with Crippen LogP contribution in [0.5, 0.6) is 0 Å². The van der Waals surface area contributed by atoms with Crippen molar-refractivity contribution in [1.82, 2.24) is 4.98 Å². The number of halogens is 1. The molecule has 3 heteroatoms. The van der Waals surface area contributed by atoms with E-state index >= 15 is 0 Å². The molecular formula is C11H12FNO. The van der Waals surface area contributed by atoms with E-state index in [0.29, 0.717) is 18.4 Å². The lowest BCUT2D eigenvalue weighted by Crippen LogP contribution is -2.10. The van der Waals surface area contributed by atoms with Gasteiger partial charge in [0.1, 0.15) is 0 Å². The highest BCUT2D eigenvalue weighted by atomic mass is 19.1. The van der Waals surface area contributed by atoms with Crippen LogP contribution < -0.4 is 0 Å². The number of aliphatic hydroxyl groups is 1. The third kappa shape index (κ3) is 1.82. The highest BCUT2D eigenvalue weighted by Gasteiger charge is 2.15. The van der Waals surface area contributed by atoms with Gasteiger partial charge in [-0.1, -0.05) is 6.08 Å². The molecule has 0 saturated heterocycles. The molecule has 1 aliphatic rings. The van der Waals surface area contributed by atoms with E-state index in [1.165, 1.54) is 6.20 Å². The standard InChI is InChI=1S/C11H12FNO/c12-11-10(2-1-7-13-11)8-3-5-9(14)6-4-8/h1-3,7,9,14H,4-6H2. The zero-order valence-corrected chi connectivity index (χ0v) is 7.78. The number of aliphatic hydroxyl groups excluding tert-OH is 1. The largest absolute Gasteiger partial charge is 0.393 e. The van der Waals surface area contributed by atoms with Gasteiger partial charge in [0.2, 0.25) is 5.95 Å². The van der Waals surface area contributed by atoms with E-state index in [4.69, 9.17) is 0 Å². The Balaban J connectivity index is 2.28. The minimum absolute atomic E-state index is 0.265. The van der Waals surface area contributed by atoms with Crippen LogP contribution in [-0.2, 0) is 0 Å². The second kappa shape index (κ2) is 3.88. The maximum absolute atomic E-state index is 13.3. The summed E-state index contributed by atoms with van der Waals surface area (Å²) in [4.78, 5) is 3.60. The molecule has 14 heavy (non-hydrogen) atoms. The van der Waals surface area contributed by atoms with Crippen molar-refractivity contribution in [3.63, 3.8) is 0 Å². The van der Waals surface area contributed by atoms with E-state index in [-0.39, 0.29) is 6.10 Å². The summed E-state index contributed by atoms with van der Waals surface area (Å²) in [5.74, 6) is -0.421. The average molecular weight is 193 g/mol. The molecule has 0 amide bonds. The van der Waals surface area contributed by atoms with E-state index in [0.717, 1.165) is 12.0 Å². The predicted molar refractivity (Wildman–Crippen MR) is 52.0 cm³/mol. The van der Waals surface area contributed by atoms with Crippen LogP contribution in [0.2, 0.25) is 0 Å². The smallest absolute Gasteiger partial charge is 0.220 e. The monoisotopic (exact) mass is 193 g/mol. The molecule has 1 aromatic heterocycles. The van der Waals surface area contributed by atoms with Gasteiger partial charge in [-0.15, -0.1) is 0 Å². The van der Waals surface area contributed by atoms with Gasteiger partial charge in [-0.3, -0.25) is 0 Å². The quantitative estimate of drug-likeness (QED) is 0.693. The Morgan fingerprint density at radius 1 is 1.50 bits per heavy atom. The number of hydrogen-bond acceptors (Lipinski definition) is 2. The van der Waals surface area contributed by atoms with E-state index in [1.807, 2.05) is 6.08 Å². The maximum Gasteiger partial charge on any atom is 0.220 e. The Kier molecular flexibility index (Phi) is 2.59. The fourth-order valence-corrected chi connectivity index (χ4v) is 1.69. The molecule has 0 aliphatic heterocycles. The Hall–Kier alpha value is -1.22. The molecule has 0 spiro atoms. The van der Waals surface area contributed by atoms with E-state index in [9.17, 15) is 9.50 Å². The van der Waals surface area contributed by atoms with Crippen LogP contribution in [0.4, 0.5) is 4.39 Å². The molecule has 0 aromatic carbocycles. The summed E-state index contributed by atoms with van der Waals surface area (Å²) in [5.41, 5.74) is 1.53. The minimum Gasteiger partial charge on any atom is -0.393 e. The highest BCUT2D eigenvalue weighted by Crippen LogP contribution is 2.27. The Morgan fingerprint density at radius 2 is 2.36 bits per heavy atom. The number of pyridine rings is 1. The van der Waals surface area contributed by atoms with E-state index < -0.39 is 5.95 Å². The topological polar surface area (TPSA) is 33.1 Å². The van der Waals surface area contributed by atoms with Crippen molar-refractivity contribution >= 4 is 5.57 Å². The SMILES string of the molecule is OC1CC=C(c2cccnc2F)CC1. The van der Waals surface area contributed by atoms with Gasteiger partial charge in [0.25, 0.3) is 0 Å². The highest BCUT2D eigenvalue weighted by molar-refractivity contribution is 5.65. The number of nitrogens with zero attached hydrogens (tertiary/aromatic N) is 1. The van der Waals surface area contributed by atoms with Crippen LogP contribution >= 0.6 is 0 Å². The third-order valence-electron chi connectivity index (χ3n) is 2.49. The van der Waals surface area contributed by atoms with Crippen LogP contribution in [-0.4, -0.2) is 16.2 Å². The fourth-order valence-electron chi connectivity index (χ4n) is 1.69. The van der Waals surface area contributed by atoms with Gasteiger partial charge in [0, 0.05) is 11.8 Å². The van der Waals surface area contributed by atoms with Gasteiger partial charge in [-0.25, -0.2) is 4.98 Å². The van der Waals surface area contributed by atoms with Crippen molar-refractivity contribution in [3.8, 4) is 0 Å². The second-order valence-corrected chi connectivity index (χ2v) is 3.50. The van der Waals surface area contributed by atoms with Gasteiger partial charge in [-0.05, 0) is 37.0 Å². The van der Waals surface area contributed by atoms with Crippen LogP contribution in [0.25, 0.3) is 5.57 Å². The Bertz CT molecular complexity index is 362. The molecule has 1 atom stereocenters. The van der Waals surface area contributed by atoms with Crippen molar-refractivity contribution in [3.05, 3.63) is 35.9 Å². The molecule has 1 unspecified atom stereocenters. The summed E-state index contributed by atoms with van der Waals surface area (Å²) in [5, 5.41) is 9.29. The lowest BCUT2D eigenvalue weighted by molar-refractivity contribution is 0.166. The molecule has 2 nitrogen and oxygen atoms in total. The summed E-state index contributed by atoms with van der Waals surface area (Å²) >= 11 is 0. The normalized spacial score (nSPS) is 21.9. The van der Waals surface area contributed by atoms with Gasteiger partial charge in [0.05, 0.1) is 6.10 Å². The first-order valence-corrected chi connectivity index (χ1v) is 4.75. The molecule has 0 fully saturated rings. The van der Waals surface area contributed by atoms with Crippen LogP contribution in [0, 0.1) is 5.95 Å². The number of rotatable bonds is 1. The second-order valence-electron chi connectivity index (χ2n) is 3.50. The number of hydrogen-bond donors (Lipinski definition) is 1. The minimum atomic E-state index is -0.421. The van der Waals surface area contributed by atoms with Gasteiger partial charge in [0.15, 0.2) is 0 Å². The predicted octanol–water partition coefficient (Wildman–Crippen LogP) is 2.15. The number of aromatic nitrogens is 1. The molecule has 1 aliphatic carbocycles. The molecule has 0 saturated carbocycles. The third-order valence-corrected chi connectivity index (χ3v) is 2.49. The summed E-state index contributed by atoms with van der Waals surface area (Å²) in [6, 6.07) is 3.45. The average Bonchev–Trinajstić information content (AvgIpc) is 2.20. The fraction of sp³-hybridized carbons (Fsp3) is 0.364. The van der Waals surface area contributed by atoms with Crippen molar-refractivity contribution < 1.29 is 9.50 Å². The summed E-state index contributed by atoms with van der Waals surface area (Å²) in [6.45, 7) is 0. The summed E-state index contributed by atoms with van der Waals surface area (Å²) in [7, 11) is 0. The Labute approximate surface area is 82.1 Å². The van der Waals surface area contributed by atoms with Crippen LogP contribution in [0.3, 0.4) is 0 Å². The molecular weight excluding hydrogens is 181 g/mol. The summed E-state index contributed by atoms with van der Waals surface area (Å²) in [6.07, 6.45) is 5.12. The molecule has 1 N–H and O–H groups in total. The lowest BCUT2D eigenvalue weighted by atomic mass is 9.93. The van der Waals surface area contributed by atoms with Crippen LogP contribution in [0.1, 0.15) is 24.8 Å². The number of allylic oxidation sites excluding steroid dienone is 1. The van der Waals surface area contributed by atoms with Gasteiger partial charge < -0.3 is 5.11 Å². The van der Waals surface area contributed by atoms with Crippen molar-refractivity contribution in [2.75, 3.05) is 0 Å². The zero-order valence-electron chi connectivity index (χ0n) is 7.78. The first kappa shape index (κ1) is 9.34.